The van der Waals surface area contributed by atoms with Crippen LogP contribution in [0.4, 0.5) is 11.4 Å². The van der Waals surface area contributed by atoms with Crippen molar-refractivity contribution in [3.63, 3.8) is 0 Å². The van der Waals surface area contributed by atoms with Crippen molar-refractivity contribution in [1.29, 1.82) is 0 Å². The van der Waals surface area contributed by atoms with E-state index in [0.29, 0.717) is 52.9 Å². The Morgan fingerprint density at radius 3 is 1.97 bits per heavy atom. The number of nitrogens with zero attached hydrogens (tertiary/aromatic N) is 3. The van der Waals surface area contributed by atoms with Crippen molar-refractivity contribution in [3.8, 4) is 0 Å². The molecule has 3 aromatic rings. The second-order valence-corrected chi connectivity index (χ2v) is 9.52. The first-order valence-corrected chi connectivity index (χ1v) is 12.9. The van der Waals surface area contributed by atoms with E-state index in [2.05, 4.69) is 78.5 Å². The van der Waals surface area contributed by atoms with Crippen LogP contribution in [0.5, 0.6) is 0 Å². The monoisotopic (exact) mass is 497 g/mol. The zero-order valence-electron chi connectivity index (χ0n) is 20.7. The normalized spacial score (nSPS) is 17.4. The quantitative estimate of drug-likeness (QED) is 0.529. The molecule has 0 atom stereocenters. The van der Waals surface area contributed by atoms with E-state index in [-0.39, 0.29) is 0 Å². The summed E-state index contributed by atoms with van der Waals surface area (Å²) < 4.78 is 23.7. The molecule has 0 bridgehead atoms. The second-order valence-electron chi connectivity index (χ2n) is 8.46. The number of anilines is 2. The van der Waals surface area contributed by atoms with Gasteiger partial charge in [0, 0.05) is 38.6 Å². The van der Waals surface area contributed by atoms with Crippen LogP contribution in [0.2, 0.25) is 0 Å². The minimum atomic E-state index is 0.590. The average molecular weight is 498 g/mol. The number of rotatable bonds is 4. The summed E-state index contributed by atoms with van der Waals surface area (Å²) in [5.74, 6) is 0. The largest absolute Gasteiger partial charge is 0.378 e. The summed E-state index contributed by atoms with van der Waals surface area (Å²) in [5.41, 5.74) is 4.52. The summed E-state index contributed by atoms with van der Waals surface area (Å²) in [6.07, 6.45) is 4.21. The molecule has 1 saturated heterocycles. The molecule has 0 N–H and O–H groups in total. The molecule has 1 aromatic heterocycles. The molecule has 7 nitrogen and oxygen atoms in total. The highest BCUT2D eigenvalue weighted by Gasteiger charge is 2.08. The third-order valence-electron chi connectivity index (χ3n) is 5.71. The van der Waals surface area contributed by atoms with Crippen molar-refractivity contribution in [2.24, 2.45) is 0 Å². The highest BCUT2D eigenvalue weighted by molar-refractivity contribution is 7.19. The SMILES string of the molecule is CN(C)c1ccc2nc(/C=C/c3ccc(N4CCOCCOCCOCCOCC4)cc3)sc2c1. The van der Waals surface area contributed by atoms with Gasteiger partial charge in [0.15, 0.2) is 0 Å². The molecule has 0 amide bonds. The van der Waals surface area contributed by atoms with Crippen LogP contribution in [0.15, 0.2) is 42.5 Å². The molecular formula is C27H35N3O4S. The summed E-state index contributed by atoms with van der Waals surface area (Å²) in [4.78, 5) is 9.15. The van der Waals surface area contributed by atoms with Gasteiger partial charge < -0.3 is 28.7 Å². The lowest BCUT2D eigenvalue weighted by Crippen LogP contribution is -2.31. The number of benzene rings is 2. The van der Waals surface area contributed by atoms with Crippen LogP contribution >= 0.6 is 11.3 Å². The summed E-state index contributed by atoms with van der Waals surface area (Å²) in [7, 11) is 4.11. The van der Waals surface area contributed by atoms with Crippen LogP contribution in [0.25, 0.3) is 22.4 Å². The Bertz CT molecular complexity index is 1050. The molecule has 0 spiro atoms. The maximum Gasteiger partial charge on any atom is 0.117 e. The van der Waals surface area contributed by atoms with Crippen molar-refractivity contribution in [2.75, 3.05) is 89.8 Å². The Morgan fingerprint density at radius 1 is 0.771 bits per heavy atom. The van der Waals surface area contributed by atoms with Gasteiger partial charge in [0.05, 0.1) is 63.1 Å². The Kier molecular flexibility index (Phi) is 9.92. The smallest absolute Gasteiger partial charge is 0.117 e. The van der Waals surface area contributed by atoms with Crippen LogP contribution in [-0.2, 0) is 18.9 Å². The third-order valence-corrected chi connectivity index (χ3v) is 6.69. The fraction of sp³-hybridized carbons (Fsp3) is 0.444. The number of aromatic nitrogens is 1. The third kappa shape index (κ3) is 8.02. The predicted octanol–water partition coefficient (Wildman–Crippen LogP) is 4.42. The van der Waals surface area contributed by atoms with Gasteiger partial charge >= 0.3 is 0 Å². The molecule has 2 heterocycles. The van der Waals surface area contributed by atoms with Gasteiger partial charge in [-0.1, -0.05) is 18.2 Å². The fourth-order valence-corrected chi connectivity index (χ4v) is 4.63. The fourth-order valence-electron chi connectivity index (χ4n) is 3.73. The molecule has 8 heteroatoms. The molecule has 2 aromatic carbocycles. The van der Waals surface area contributed by atoms with E-state index in [1.54, 1.807) is 11.3 Å². The first-order valence-electron chi connectivity index (χ1n) is 12.1. The van der Waals surface area contributed by atoms with Gasteiger partial charge in [0.2, 0.25) is 0 Å². The standard InChI is InChI=1S/C27H35N3O4S/c1-29(2)24-8-9-25-26(21-24)35-27(28-25)10-5-22-3-6-23(7-4-22)30-11-13-31-15-17-33-19-20-34-18-16-32-14-12-30/h3-10,21H,11-20H2,1-2H3/b10-5+. The lowest BCUT2D eigenvalue weighted by molar-refractivity contribution is 0.00206. The first kappa shape index (κ1) is 25.6. The first-order chi connectivity index (χ1) is 17.2. The molecule has 35 heavy (non-hydrogen) atoms. The molecular weight excluding hydrogens is 462 g/mol. The molecule has 188 valence electrons. The van der Waals surface area contributed by atoms with Gasteiger partial charge in [-0.3, -0.25) is 0 Å². The average Bonchev–Trinajstić information content (AvgIpc) is 3.28. The highest BCUT2D eigenvalue weighted by Crippen LogP contribution is 2.27. The molecule has 0 radical (unpaired) electrons. The van der Waals surface area contributed by atoms with Gasteiger partial charge in [-0.05, 0) is 42.0 Å². The molecule has 1 aliphatic heterocycles. The van der Waals surface area contributed by atoms with Crippen molar-refractivity contribution in [2.45, 2.75) is 0 Å². The van der Waals surface area contributed by atoms with Crippen molar-refractivity contribution < 1.29 is 18.9 Å². The molecule has 4 rings (SSSR count). The zero-order valence-corrected chi connectivity index (χ0v) is 21.5. The van der Waals surface area contributed by atoms with E-state index in [4.69, 9.17) is 23.9 Å². The summed E-state index contributed by atoms with van der Waals surface area (Å²) in [6.45, 7) is 6.44. The lowest BCUT2D eigenvalue weighted by atomic mass is 10.2. The van der Waals surface area contributed by atoms with Crippen LogP contribution in [-0.4, -0.2) is 85.0 Å². The molecule has 0 aliphatic carbocycles. The minimum Gasteiger partial charge on any atom is -0.378 e. The Balaban J connectivity index is 1.37. The highest BCUT2D eigenvalue weighted by atomic mass is 32.1. The molecule has 0 saturated carbocycles. The number of hydrogen-bond donors (Lipinski definition) is 0. The Morgan fingerprint density at radius 2 is 1.37 bits per heavy atom. The Labute approximate surface area is 211 Å². The van der Waals surface area contributed by atoms with Crippen LogP contribution < -0.4 is 9.80 Å². The minimum absolute atomic E-state index is 0.590. The molecule has 1 fully saturated rings. The van der Waals surface area contributed by atoms with E-state index < -0.39 is 0 Å². The van der Waals surface area contributed by atoms with Gasteiger partial charge in [-0.15, -0.1) is 11.3 Å². The summed E-state index contributed by atoms with van der Waals surface area (Å²) >= 11 is 1.71. The second kappa shape index (κ2) is 13.6. The lowest BCUT2D eigenvalue weighted by Gasteiger charge is -2.25. The molecule has 0 unspecified atom stereocenters. The van der Waals surface area contributed by atoms with Gasteiger partial charge in [-0.2, -0.15) is 0 Å². The topological polar surface area (TPSA) is 56.3 Å². The van der Waals surface area contributed by atoms with Gasteiger partial charge in [0.1, 0.15) is 5.01 Å². The van der Waals surface area contributed by atoms with E-state index >= 15 is 0 Å². The van der Waals surface area contributed by atoms with Crippen LogP contribution in [0.1, 0.15) is 10.6 Å². The number of ether oxygens (including phenoxy) is 4. The van der Waals surface area contributed by atoms with Crippen molar-refractivity contribution in [1.82, 2.24) is 4.98 Å². The Hall–Kier alpha value is -2.49. The molecule has 1 aliphatic rings. The maximum absolute atomic E-state index is 5.75. The van der Waals surface area contributed by atoms with Gasteiger partial charge in [-0.25, -0.2) is 4.98 Å². The summed E-state index contributed by atoms with van der Waals surface area (Å²) in [6, 6.07) is 15.0. The van der Waals surface area contributed by atoms with E-state index in [9.17, 15) is 0 Å². The van der Waals surface area contributed by atoms with Gasteiger partial charge in [0.25, 0.3) is 0 Å². The van der Waals surface area contributed by atoms with E-state index in [0.717, 1.165) is 34.9 Å². The predicted molar refractivity (Wildman–Crippen MR) is 145 cm³/mol. The number of hydrogen-bond acceptors (Lipinski definition) is 8. The number of thiazole rings is 1. The van der Waals surface area contributed by atoms with Crippen molar-refractivity contribution in [3.05, 3.63) is 53.0 Å². The number of fused-ring (bicyclic) bond motifs is 1. The van der Waals surface area contributed by atoms with Crippen LogP contribution in [0.3, 0.4) is 0 Å². The van der Waals surface area contributed by atoms with E-state index in [1.807, 2.05) is 0 Å². The zero-order chi connectivity index (χ0) is 24.3. The summed E-state index contributed by atoms with van der Waals surface area (Å²) in [5, 5.41) is 1.01. The van der Waals surface area contributed by atoms with Crippen LogP contribution in [0, 0.1) is 0 Å². The van der Waals surface area contributed by atoms with E-state index in [1.165, 1.54) is 10.4 Å². The maximum atomic E-state index is 5.75. The van der Waals surface area contributed by atoms with Crippen molar-refractivity contribution >= 4 is 45.1 Å².